The summed E-state index contributed by atoms with van der Waals surface area (Å²) < 4.78 is 0. The van der Waals surface area contributed by atoms with Gasteiger partial charge in [-0.05, 0) is 12.3 Å². The molecule has 1 atom stereocenters. The maximum Gasteiger partial charge on any atom is 0.333 e. The van der Waals surface area contributed by atoms with Crippen LogP contribution in [-0.4, -0.2) is 23.2 Å². The van der Waals surface area contributed by atoms with Gasteiger partial charge in [0.15, 0.2) is 0 Å². The summed E-state index contributed by atoms with van der Waals surface area (Å²) in [6.45, 7) is 7.57. The molecule has 1 N–H and O–H groups in total. The molecular weight excluding hydrogens is 194 g/mol. The Kier molecular flexibility index (Phi) is 6.30. The van der Waals surface area contributed by atoms with Crippen molar-refractivity contribution >= 4 is 12.0 Å². The third kappa shape index (κ3) is 5.81. The van der Waals surface area contributed by atoms with E-state index in [9.17, 15) is 9.59 Å². The molecule has 0 saturated heterocycles. The van der Waals surface area contributed by atoms with Gasteiger partial charge in [0.25, 0.3) is 0 Å². The van der Waals surface area contributed by atoms with E-state index in [-0.39, 0.29) is 5.57 Å². The Balaban J connectivity index is 4.23. The molecule has 0 aromatic carbocycles. The smallest absolute Gasteiger partial charge is 0.333 e. The van der Waals surface area contributed by atoms with Crippen molar-refractivity contribution in [1.29, 1.82) is 0 Å². The van der Waals surface area contributed by atoms with Crippen LogP contribution in [0.5, 0.6) is 0 Å². The standard InChI is InChI=1S/C11H17NO3/c1-8(2)5-4-6-10(12-7-13)9(3)11(14)15/h8,10H,3-6H2,1-2H3,(H,14,15). The quantitative estimate of drug-likeness (QED) is 0.398. The zero-order valence-electron chi connectivity index (χ0n) is 9.19. The molecule has 15 heavy (non-hydrogen) atoms. The minimum atomic E-state index is -1.11. The number of aliphatic imine (C=N–C) groups is 1. The number of nitrogens with zero attached hydrogens (tertiary/aromatic N) is 1. The van der Waals surface area contributed by atoms with Crippen molar-refractivity contribution in [2.24, 2.45) is 10.9 Å². The van der Waals surface area contributed by atoms with Gasteiger partial charge in [-0.1, -0.05) is 33.3 Å². The maximum atomic E-state index is 10.6. The van der Waals surface area contributed by atoms with Gasteiger partial charge in [-0.25, -0.2) is 9.59 Å². The minimum Gasteiger partial charge on any atom is -0.478 e. The summed E-state index contributed by atoms with van der Waals surface area (Å²) in [5.41, 5.74) is -0.0397. The number of hydrogen-bond acceptors (Lipinski definition) is 3. The highest BCUT2D eigenvalue weighted by atomic mass is 16.4. The highest BCUT2D eigenvalue weighted by Gasteiger charge is 2.17. The lowest BCUT2D eigenvalue weighted by molar-refractivity contribution is -0.132. The summed E-state index contributed by atoms with van der Waals surface area (Å²) in [6, 6.07) is -0.626. The molecule has 84 valence electrons. The molecule has 0 aromatic rings. The predicted molar refractivity (Wildman–Crippen MR) is 57.4 cm³/mol. The van der Waals surface area contributed by atoms with Crippen LogP contribution >= 0.6 is 0 Å². The molecule has 4 heteroatoms. The number of aliphatic carboxylic acids is 1. The van der Waals surface area contributed by atoms with Crippen LogP contribution in [0, 0.1) is 5.92 Å². The minimum absolute atomic E-state index is 0.0397. The van der Waals surface area contributed by atoms with Crippen LogP contribution in [0.1, 0.15) is 33.1 Å². The molecular formula is C11H17NO3. The second-order valence-corrected chi connectivity index (χ2v) is 3.89. The number of hydrogen-bond donors (Lipinski definition) is 1. The Morgan fingerprint density at radius 2 is 2.07 bits per heavy atom. The molecule has 4 nitrogen and oxygen atoms in total. The fourth-order valence-corrected chi connectivity index (χ4v) is 1.24. The van der Waals surface area contributed by atoms with E-state index in [1.165, 1.54) is 6.08 Å². The topological polar surface area (TPSA) is 66.7 Å². The number of carboxylic acid groups (broad SMARTS) is 1. The van der Waals surface area contributed by atoms with Crippen molar-refractivity contribution in [2.45, 2.75) is 39.2 Å². The fraction of sp³-hybridized carbons (Fsp3) is 0.636. The molecule has 0 radical (unpaired) electrons. The summed E-state index contributed by atoms with van der Waals surface area (Å²) in [7, 11) is 0. The molecule has 0 bridgehead atoms. The van der Waals surface area contributed by atoms with Gasteiger partial charge in [0.05, 0.1) is 11.6 Å². The number of carbonyl (C=O) groups excluding carboxylic acids is 1. The van der Waals surface area contributed by atoms with Crippen LogP contribution < -0.4 is 0 Å². The summed E-state index contributed by atoms with van der Waals surface area (Å²) >= 11 is 0. The average molecular weight is 211 g/mol. The van der Waals surface area contributed by atoms with E-state index in [1.807, 2.05) is 0 Å². The highest BCUT2D eigenvalue weighted by Crippen LogP contribution is 2.15. The number of carbonyl (C=O) groups is 1. The average Bonchev–Trinajstić information content (AvgIpc) is 2.14. The second kappa shape index (κ2) is 6.96. The van der Waals surface area contributed by atoms with E-state index in [2.05, 4.69) is 25.4 Å². The van der Waals surface area contributed by atoms with Crippen LogP contribution in [0.4, 0.5) is 0 Å². The SMILES string of the molecule is C=C(C(=O)O)C(CCCC(C)C)N=C=O. The Bertz CT molecular complexity index is 278. The predicted octanol–water partition coefficient (Wildman–Crippen LogP) is 2.16. The van der Waals surface area contributed by atoms with E-state index in [4.69, 9.17) is 5.11 Å². The Morgan fingerprint density at radius 3 is 2.47 bits per heavy atom. The molecule has 0 heterocycles. The highest BCUT2D eigenvalue weighted by molar-refractivity contribution is 5.87. The molecule has 1 unspecified atom stereocenters. The molecule has 0 fully saturated rings. The van der Waals surface area contributed by atoms with E-state index < -0.39 is 12.0 Å². The molecule has 0 rings (SSSR count). The lowest BCUT2D eigenvalue weighted by Crippen LogP contribution is -2.15. The van der Waals surface area contributed by atoms with Crippen molar-refractivity contribution in [3.8, 4) is 0 Å². The Hall–Kier alpha value is -1.41. The van der Waals surface area contributed by atoms with Gasteiger partial charge in [0.2, 0.25) is 6.08 Å². The molecule has 0 aliphatic rings. The van der Waals surface area contributed by atoms with E-state index in [0.29, 0.717) is 12.3 Å². The Morgan fingerprint density at radius 1 is 1.47 bits per heavy atom. The van der Waals surface area contributed by atoms with Crippen molar-refractivity contribution in [3.63, 3.8) is 0 Å². The van der Waals surface area contributed by atoms with Crippen molar-refractivity contribution in [1.82, 2.24) is 0 Å². The molecule has 0 aromatic heterocycles. The zero-order valence-corrected chi connectivity index (χ0v) is 9.19. The van der Waals surface area contributed by atoms with Gasteiger partial charge in [0, 0.05) is 0 Å². The maximum absolute atomic E-state index is 10.6. The molecule has 0 saturated carbocycles. The lowest BCUT2D eigenvalue weighted by Gasteiger charge is -2.11. The first-order valence-corrected chi connectivity index (χ1v) is 4.98. The van der Waals surface area contributed by atoms with Crippen LogP contribution in [0.2, 0.25) is 0 Å². The first-order chi connectivity index (χ1) is 6.99. The normalized spacial score (nSPS) is 11.9. The van der Waals surface area contributed by atoms with Crippen LogP contribution in [0.3, 0.4) is 0 Å². The van der Waals surface area contributed by atoms with Crippen molar-refractivity contribution in [3.05, 3.63) is 12.2 Å². The zero-order chi connectivity index (χ0) is 11.8. The van der Waals surface area contributed by atoms with Crippen molar-refractivity contribution in [2.75, 3.05) is 0 Å². The molecule has 0 amide bonds. The third-order valence-electron chi connectivity index (χ3n) is 2.14. The Labute approximate surface area is 89.7 Å². The van der Waals surface area contributed by atoms with Crippen molar-refractivity contribution < 1.29 is 14.7 Å². The van der Waals surface area contributed by atoms with E-state index in [0.717, 1.165) is 12.8 Å². The summed E-state index contributed by atoms with van der Waals surface area (Å²) in [6.07, 6.45) is 3.75. The summed E-state index contributed by atoms with van der Waals surface area (Å²) in [5, 5.41) is 8.70. The van der Waals surface area contributed by atoms with E-state index >= 15 is 0 Å². The van der Waals surface area contributed by atoms with Gasteiger partial charge < -0.3 is 5.11 Å². The van der Waals surface area contributed by atoms with Gasteiger partial charge in [0.1, 0.15) is 0 Å². The van der Waals surface area contributed by atoms with Gasteiger partial charge >= 0.3 is 5.97 Å². The van der Waals surface area contributed by atoms with Gasteiger partial charge in [-0.3, -0.25) is 0 Å². The molecule has 0 aliphatic carbocycles. The lowest BCUT2D eigenvalue weighted by atomic mass is 9.99. The first kappa shape index (κ1) is 13.6. The summed E-state index contributed by atoms with van der Waals surface area (Å²) in [4.78, 5) is 24.2. The second-order valence-electron chi connectivity index (χ2n) is 3.89. The summed E-state index contributed by atoms with van der Waals surface area (Å²) in [5.74, 6) is -0.549. The van der Waals surface area contributed by atoms with Crippen LogP contribution in [0.25, 0.3) is 0 Å². The number of isocyanates is 1. The van der Waals surface area contributed by atoms with Crippen LogP contribution in [-0.2, 0) is 9.59 Å². The molecule has 0 aliphatic heterocycles. The molecule has 0 spiro atoms. The van der Waals surface area contributed by atoms with Gasteiger partial charge in [-0.15, -0.1) is 0 Å². The first-order valence-electron chi connectivity index (χ1n) is 4.98. The third-order valence-corrected chi connectivity index (χ3v) is 2.14. The fourth-order valence-electron chi connectivity index (χ4n) is 1.24. The monoisotopic (exact) mass is 211 g/mol. The van der Waals surface area contributed by atoms with Crippen LogP contribution in [0.15, 0.2) is 17.1 Å². The van der Waals surface area contributed by atoms with E-state index in [1.54, 1.807) is 0 Å². The number of carboxylic acids is 1. The van der Waals surface area contributed by atoms with Gasteiger partial charge in [-0.2, -0.15) is 4.99 Å². The number of rotatable bonds is 7. The largest absolute Gasteiger partial charge is 0.478 e.